The van der Waals surface area contributed by atoms with Crippen molar-refractivity contribution in [3.05, 3.63) is 70.0 Å². The number of benzene rings is 2. The number of nitrogens with one attached hydrogen (secondary N) is 1. The largest absolute Gasteiger partial charge is 0.497 e. The van der Waals surface area contributed by atoms with Gasteiger partial charge in [-0.25, -0.2) is 4.98 Å². The van der Waals surface area contributed by atoms with Crippen LogP contribution in [0.3, 0.4) is 0 Å². The van der Waals surface area contributed by atoms with E-state index < -0.39 is 0 Å². The SMILES string of the molecule is COc1cccc(-c2csc(C3Cc4ccccc4CN3)n2)c1. The highest BCUT2D eigenvalue weighted by Gasteiger charge is 2.21. The van der Waals surface area contributed by atoms with Crippen LogP contribution in [0.25, 0.3) is 11.3 Å². The van der Waals surface area contributed by atoms with E-state index in [1.165, 1.54) is 11.1 Å². The van der Waals surface area contributed by atoms with E-state index in [0.29, 0.717) is 6.04 Å². The molecule has 1 aromatic heterocycles. The Kier molecular flexibility index (Phi) is 3.85. The molecule has 3 nitrogen and oxygen atoms in total. The third-order valence-electron chi connectivity index (χ3n) is 4.27. The summed E-state index contributed by atoms with van der Waals surface area (Å²) in [5.74, 6) is 0.863. The standard InChI is InChI=1S/C19H18N2OS/c1-22-16-8-4-7-14(9-16)18-12-23-19(21-18)17-10-13-5-2-3-6-15(13)11-20-17/h2-9,12,17,20H,10-11H2,1H3. The first-order valence-electron chi connectivity index (χ1n) is 7.73. The molecule has 0 saturated heterocycles. The zero-order chi connectivity index (χ0) is 15.6. The van der Waals surface area contributed by atoms with Gasteiger partial charge in [-0.15, -0.1) is 11.3 Å². The molecule has 1 unspecified atom stereocenters. The minimum atomic E-state index is 0.300. The molecule has 116 valence electrons. The van der Waals surface area contributed by atoms with Crippen LogP contribution in [0.4, 0.5) is 0 Å². The molecule has 0 aliphatic carbocycles. The third-order valence-corrected chi connectivity index (χ3v) is 5.23. The molecule has 0 amide bonds. The van der Waals surface area contributed by atoms with Crippen molar-refractivity contribution >= 4 is 11.3 Å². The first kappa shape index (κ1) is 14.4. The molecule has 0 fully saturated rings. The highest BCUT2D eigenvalue weighted by molar-refractivity contribution is 7.10. The molecule has 1 aliphatic rings. The molecule has 1 atom stereocenters. The van der Waals surface area contributed by atoms with Crippen LogP contribution in [0, 0.1) is 0 Å². The number of methoxy groups -OCH3 is 1. The molecule has 2 heterocycles. The van der Waals surface area contributed by atoms with Crippen molar-refractivity contribution in [1.29, 1.82) is 0 Å². The molecule has 0 saturated carbocycles. The lowest BCUT2D eigenvalue weighted by molar-refractivity contribution is 0.415. The summed E-state index contributed by atoms with van der Waals surface area (Å²) in [4.78, 5) is 4.85. The van der Waals surface area contributed by atoms with Crippen LogP contribution < -0.4 is 10.1 Å². The topological polar surface area (TPSA) is 34.1 Å². The van der Waals surface area contributed by atoms with E-state index in [-0.39, 0.29) is 0 Å². The Balaban J connectivity index is 1.59. The first-order chi connectivity index (χ1) is 11.3. The average molecular weight is 322 g/mol. The Morgan fingerprint density at radius 3 is 2.87 bits per heavy atom. The Morgan fingerprint density at radius 1 is 1.13 bits per heavy atom. The number of thiazole rings is 1. The van der Waals surface area contributed by atoms with Gasteiger partial charge in [0.05, 0.1) is 18.8 Å². The number of ether oxygens (including phenoxy) is 1. The number of hydrogen-bond donors (Lipinski definition) is 1. The second-order valence-electron chi connectivity index (χ2n) is 5.71. The fraction of sp³-hybridized carbons (Fsp3) is 0.211. The third kappa shape index (κ3) is 2.87. The van der Waals surface area contributed by atoms with Gasteiger partial charge in [0.1, 0.15) is 10.8 Å². The molecular weight excluding hydrogens is 304 g/mol. The number of rotatable bonds is 3. The molecule has 1 aliphatic heterocycles. The summed E-state index contributed by atoms with van der Waals surface area (Å²) in [5.41, 5.74) is 4.94. The summed E-state index contributed by atoms with van der Waals surface area (Å²) < 4.78 is 5.30. The number of hydrogen-bond acceptors (Lipinski definition) is 4. The van der Waals surface area contributed by atoms with Gasteiger partial charge in [0.2, 0.25) is 0 Å². The molecule has 1 N–H and O–H groups in total. The zero-order valence-corrected chi connectivity index (χ0v) is 13.8. The summed E-state index contributed by atoms with van der Waals surface area (Å²) in [6.07, 6.45) is 1.00. The minimum Gasteiger partial charge on any atom is -0.497 e. The highest BCUT2D eigenvalue weighted by atomic mass is 32.1. The second kappa shape index (κ2) is 6.14. The smallest absolute Gasteiger partial charge is 0.119 e. The number of fused-ring (bicyclic) bond motifs is 1. The summed E-state index contributed by atoms with van der Waals surface area (Å²) in [5, 5.41) is 6.88. The lowest BCUT2D eigenvalue weighted by Gasteiger charge is -2.24. The predicted molar refractivity (Wildman–Crippen MR) is 93.8 cm³/mol. The van der Waals surface area contributed by atoms with Gasteiger partial charge in [-0.3, -0.25) is 0 Å². The minimum absolute atomic E-state index is 0.300. The van der Waals surface area contributed by atoms with Crippen molar-refractivity contribution in [3.8, 4) is 17.0 Å². The summed E-state index contributed by atoms with van der Waals surface area (Å²) in [7, 11) is 1.69. The predicted octanol–water partition coefficient (Wildman–Crippen LogP) is 4.21. The number of aromatic nitrogens is 1. The lowest BCUT2D eigenvalue weighted by atomic mass is 9.96. The van der Waals surface area contributed by atoms with Gasteiger partial charge < -0.3 is 10.1 Å². The normalized spacial score (nSPS) is 16.8. The van der Waals surface area contributed by atoms with E-state index in [4.69, 9.17) is 9.72 Å². The summed E-state index contributed by atoms with van der Waals surface area (Å²) >= 11 is 1.72. The molecule has 4 rings (SSSR count). The van der Waals surface area contributed by atoms with Crippen molar-refractivity contribution < 1.29 is 4.74 Å². The Hall–Kier alpha value is -2.17. The van der Waals surface area contributed by atoms with Crippen molar-refractivity contribution in [1.82, 2.24) is 10.3 Å². The monoisotopic (exact) mass is 322 g/mol. The maximum absolute atomic E-state index is 5.30. The van der Waals surface area contributed by atoms with Crippen molar-refractivity contribution in [2.45, 2.75) is 19.0 Å². The van der Waals surface area contributed by atoms with Crippen LogP contribution in [0.5, 0.6) is 5.75 Å². The van der Waals surface area contributed by atoms with Crippen LogP contribution in [0.15, 0.2) is 53.9 Å². The van der Waals surface area contributed by atoms with Gasteiger partial charge >= 0.3 is 0 Å². The van der Waals surface area contributed by atoms with E-state index >= 15 is 0 Å². The summed E-state index contributed by atoms with van der Waals surface area (Å²) in [6.45, 7) is 0.912. The molecule has 23 heavy (non-hydrogen) atoms. The Morgan fingerprint density at radius 2 is 2.00 bits per heavy atom. The van der Waals surface area contributed by atoms with Crippen LogP contribution in [0.1, 0.15) is 22.2 Å². The maximum Gasteiger partial charge on any atom is 0.119 e. The van der Waals surface area contributed by atoms with Crippen LogP contribution in [-0.2, 0) is 13.0 Å². The second-order valence-corrected chi connectivity index (χ2v) is 6.60. The quantitative estimate of drug-likeness (QED) is 0.784. The molecule has 0 spiro atoms. The molecule has 0 radical (unpaired) electrons. The Bertz CT molecular complexity index is 827. The van der Waals surface area contributed by atoms with Crippen molar-refractivity contribution in [2.75, 3.05) is 7.11 Å². The summed E-state index contributed by atoms with van der Waals surface area (Å²) in [6, 6.07) is 17.0. The van der Waals surface area contributed by atoms with Crippen LogP contribution in [0.2, 0.25) is 0 Å². The van der Waals surface area contributed by atoms with Gasteiger partial charge in [-0.05, 0) is 29.7 Å². The van der Waals surface area contributed by atoms with Crippen LogP contribution >= 0.6 is 11.3 Å². The number of nitrogens with zero attached hydrogens (tertiary/aromatic N) is 1. The first-order valence-corrected chi connectivity index (χ1v) is 8.61. The molecule has 0 bridgehead atoms. The van der Waals surface area contributed by atoms with E-state index in [1.807, 2.05) is 18.2 Å². The van der Waals surface area contributed by atoms with Gasteiger partial charge in [-0.1, -0.05) is 36.4 Å². The fourth-order valence-corrected chi connectivity index (χ4v) is 3.89. The van der Waals surface area contributed by atoms with Crippen molar-refractivity contribution in [3.63, 3.8) is 0 Å². The van der Waals surface area contributed by atoms with Gasteiger partial charge in [0.15, 0.2) is 0 Å². The fourth-order valence-electron chi connectivity index (χ4n) is 2.99. The lowest BCUT2D eigenvalue weighted by Crippen LogP contribution is -2.28. The van der Waals surface area contributed by atoms with E-state index in [1.54, 1.807) is 18.4 Å². The molecule has 3 aromatic rings. The molecule has 2 aromatic carbocycles. The van der Waals surface area contributed by atoms with E-state index in [0.717, 1.165) is 35.0 Å². The Labute approximate surface area is 140 Å². The van der Waals surface area contributed by atoms with Gasteiger partial charge in [-0.2, -0.15) is 0 Å². The highest BCUT2D eigenvalue weighted by Crippen LogP contribution is 2.31. The van der Waals surface area contributed by atoms with E-state index in [9.17, 15) is 0 Å². The van der Waals surface area contributed by atoms with Gasteiger partial charge in [0, 0.05) is 17.5 Å². The zero-order valence-electron chi connectivity index (χ0n) is 13.0. The molecular formula is C19H18N2OS. The average Bonchev–Trinajstić information content (AvgIpc) is 3.11. The van der Waals surface area contributed by atoms with Crippen molar-refractivity contribution in [2.24, 2.45) is 0 Å². The maximum atomic E-state index is 5.30. The molecule has 4 heteroatoms. The van der Waals surface area contributed by atoms with Gasteiger partial charge in [0.25, 0.3) is 0 Å². The van der Waals surface area contributed by atoms with E-state index in [2.05, 4.69) is 41.0 Å². The van der Waals surface area contributed by atoms with Crippen LogP contribution in [-0.4, -0.2) is 12.1 Å².